The molecule has 0 radical (unpaired) electrons. The highest BCUT2D eigenvalue weighted by atomic mass is 19.4. The molecule has 0 rings (SSSR count). The van der Waals surface area contributed by atoms with Gasteiger partial charge in [0.1, 0.15) is 0 Å². The van der Waals surface area contributed by atoms with Gasteiger partial charge in [-0.3, -0.25) is 0 Å². The molecule has 18 heavy (non-hydrogen) atoms. The summed E-state index contributed by atoms with van der Waals surface area (Å²) in [6.45, 7) is 9.21. The van der Waals surface area contributed by atoms with E-state index in [0.717, 1.165) is 12.8 Å². The number of aliphatic hydroxyl groups excluding tert-OH is 1. The summed E-state index contributed by atoms with van der Waals surface area (Å²) in [5.74, 6) is -1.57. The van der Waals surface area contributed by atoms with E-state index >= 15 is 0 Å². The molecule has 0 fully saturated rings. The maximum Gasteiger partial charge on any atom is 0.394 e. The maximum atomic E-state index is 12.6. The van der Waals surface area contributed by atoms with Crippen LogP contribution >= 0.6 is 0 Å². The second-order valence-corrected chi connectivity index (χ2v) is 6.61. The van der Waals surface area contributed by atoms with Crippen molar-refractivity contribution in [1.29, 1.82) is 0 Å². The predicted octanol–water partition coefficient (Wildman–Crippen LogP) is 4.65. The molecule has 0 aliphatic rings. The molecule has 0 aromatic heterocycles. The SMILES string of the molecule is CC(C)CC(C)(C)CC[C@@H](C)C(CO)C(F)(F)F. The van der Waals surface area contributed by atoms with Crippen LogP contribution in [0.15, 0.2) is 0 Å². The molecule has 0 amide bonds. The molecule has 0 spiro atoms. The Morgan fingerprint density at radius 2 is 1.56 bits per heavy atom. The first-order valence-electron chi connectivity index (χ1n) is 6.67. The van der Waals surface area contributed by atoms with Crippen molar-refractivity contribution in [2.75, 3.05) is 6.61 Å². The van der Waals surface area contributed by atoms with Gasteiger partial charge < -0.3 is 5.11 Å². The lowest BCUT2D eigenvalue weighted by Gasteiger charge is -2.30. The van der Waals surface area contributed by atoms with Gasteiger partial charge in [-0.15, -0.1) is 0 Å². The van der Waals surface area contributed by atoms with Crippen molar-refractivity contribution in [1.82, 2.24) is 0 Å². The van der Waals surface area contributed by atoms with Crippen LogP contribution in [0.25, 0.3) is 0 Å². The normalized spacial score (nSPS) is 17.0. The van der Waals surface area contributed by atoms with Crippen LogP contribution in [0, 0.1) is 23.2 Å². The number of aliphatic hydroxyl groups is 1. The summed E-state index contributed by atoms with van der Waals surface area (Å²) in [5, 5.41) is 8.89. The van der Waals surface area contributed by atoms with Crippen molar-refractivity contribution < 1.29 is 18.3 Å². The summed E-state index contributed by atoms with van der Waals surface area (Å²) in [5.41, 5.74) is 0.0635. The van der Waals surface area contributed by atoms with Crippen LogP contribution in [-0.4, -0.2) is 17.9 Å². The van der Waals surface area contributed by atoms with Crippen molar-refractivity contribution in [2.24, 2.45) is 23.2 Å². The Morgan fingerprint density at radius 1 is 1.06 bits per heavy atom. The highest BCUT2D eigenvalue weighted by Crippen LogP contribution is 2.37. The molecular formula is C14H27F3O. The molecule has 2 atom stereocenters. The topological polar surface area (TPSA) is 20.2 Å². The van der Waals surface area contributed by atoms with Crippen molar-refractivity contribution in [3.8, 4) is 0 Å². The largest absolute Gasteiger partial charge is 0.396 e. The van der Waals surface area contributed by atoms with Crippen LogP contribution < -0.4 is 0 Å². The molecule has 0 saturated heterocycles. The Bertz CT molecular complexity index is 234. The van der Waals surface area contributed by atoms with Gasteiger partial charge in [0.2, 0.25) is 0 Å². The molecule has 0 aliphatic heterocycles. The zero-order valence-electron chi connectivity index (χ0n) is 12.1. The highest BCUT2D eigenvalue weighted by Gasteiger charge is 2.42. The highest BCUT2D eigenvalue weighted by molar-refractivity contribution is 4.77. The minimum absolute atomic E-state index is 0.0635. The predicted molar refractivity (Wildman–Crippen MR) is 68.3 cm³/mol. The van der Waals surface area contributed by atoms with Gasteiger partial charge in [-0.1, -0.05) is 34.6 Å². The van der Waals surface area contributed by atoms with Gasteiger partial charge in [0, 0.05) is 0 Å². The third kappa shape index (κ3) is 6.62. The van der Waals surface area contributed by atoms with E-state index in [2.05, 4.69) is 27.7 Å². The molecule has 4 heteroatoms. The van der Waals surface area contributed by atoms with Gasteiger partial charge in [0.15, 0.2) is 0 Å². The molecule has 1 N–H and O–H groups in total. The maximum absolute atomic E-state index is 12.6. The monoisotopic (exact) mass is 268 g/mol. The van der Waals surface area contributed by atoms with Crippen molar-refractivity contribution >= 4 is 0 Å². The number of rotatable bonds is 7. The summed E-state index contributed by atoms with van der Waals surface area (Å²) in [4.78, 5) is 0. The fraction of sp³-hybridized carbons (Fsp3) is 1.00. The first kappa shape index (κ1) is 17.8. The first-order chi connectivity index (χ1) is 7.99. The summed E-state index contributed by atoms with van der Waals surface area (Å²) in [6, 6.07) is 0. The summed E-state index contributed by atoms with van der Waals surface area (Å²) in [7, 11) is 0. The van der Waals surface area contributed by atoms with E-state index in [-0.39, 0.29) is 5.41 Å². The van der Waals surface area contributed by atoms with E-state index in [1.54, 1.807) is 6.92 Å². The second-order valence-electron chi connectivity index (χ2n) is 6.61. The van der Waals surface area contributed by atoms with Crippen LogP contribution in [0.4, 0.5) is 13.2 Å². The minimum Gasteiger partial charge on any atom is -0.396 e. The Kier molecular flexibility index (Phi) is 6.69. The summed E-state index contributed by atoms with van der Waals surface area (Å²) in [6.07, 6.45) is -2.02. The molecule has 0 bridgehead atoms. The molecule has 0 saturated carbocycles. The molecule has 110 valence electrons. The average molecular weight is 268 g/mol. The van der Waals surface area contributed by atoms with Crippen LogP contribution in [0.5, 0.6) is 0 Å². The number of alkyl halides is 3. The standard InChI is InChI=1S/C14H27F3O/c1-10(2)8-13(4,5)7-6-11(3)12(9-18)14(15,16)17/h10-12,18H,6-9H2,1-5H3/t11-,12?/m1/s1. The Morgan fingerprint density at radius 3 is 1.89 bits per heavy atom. The van der Waals surface area contributed by atoms with Gasteiger partial charge in [-0.2, -0.15) is 13.2 Å². The van der Waals surface area contributed by atoms with Crippen LogP contribution in [0.3, 0.4) is 0 Å². The number of halogens is 3. The smallest absolute Gasteiger partial charge is 0.394 e. The lowest BCUT2D eigenvalue weighted by Crippen LogP contribution is -2.32. The van der Waals surface area contributed by atoms with Crippen LogP contribution in [0.1, 0.15) is 53.9 Å². The fourth-order valence-electron chi connectivity index (χ4n) is 2.63. The average Bonchev–Trinajstić information content (AvgIpc) is 2.11. The van der Waals surface area contributed by atoms with Gasteiger partial charge in [-0.05, 0) is 36.5 Å². The molecule has 0 aliphatic carbocycles. The quantitative estimate of drug-likeness (QED) is 0.712. The zero-order valence-corrected chi connectivity index (χ0v) is 12.1. The van der Waals surface area contributed by atoms with E-state index in [1.807, 2.05) is 0 Å². The van der Waals surface area contributed by atoms with Crippen LogP contribution in [0.2, 0.25) is 0 Å². The molecule has 0 aromatic carbocycles. The van der Waals surface area contributed by atoms with Crippen LogP contribution in [-0.2, 0) is 0 Å². The van der Waals surface area contributed by atoms with Crippen molar-refractivity contribution in [3.63, 3.8) is 0 Å². The summed E-state index contributed by atoms with van der Waals surface area (Å²) < 4.78 is 37.9. The van der Waals surface area contributed by atoms with Gasteiger partial charge >= 0.3 is 6.18 Å². The first-order valence-corrected chi connectivity index (χ1v) is 6.67. The van der Waals surface area contributed by atoms with Crippen molar-refractivity contribution in [3.05, 3.63) is 0 Å². The number of hydrogen-bond donors (Lipinski definition) is 1. The third-order valence-corrected chi connectivity index (χ3v) is 3.54. The second kappa shape index (κ2) is 6.78. The van der Waals surface area contributed by atoms with E-state index in [9.17, 15) is 13.2 Å². The van der Waals surface area contributed by atoms with E-state index in [1.165, 1.54) is 0 Å². The van der Waals surface area contributed by atoms with E-state index in [4.69, 9.17) is 5.11 Å². The fourth-order valence-corrected chi connectivity index (χ4v) is 2.63. The molecule has 0 heterocycles. The zero-order chi connectivity index (χ0) is 14.6. The molecular weight excluding hydrogens is 241 g/mol. The van der Waals surface area contributed by atoms with Gasteiger partial charge in [0.25, 0.3) is 0 Å². The van der Waals surface area contributed by atoms with E-state index < -0.39 is 24.6 Å². The lowest BCUT2D eigenvalue weighted by molar-refractivity contribution is -0.197. The molecule has 1 nitrogen and oxygen atoms in total. The van der Waals surface area contributed by atoms with E-state index in [0.29, 0.717) is 12.3 Å². The minimum atomic E-state index is -4.30. The van der Waals surface area contributed by atoms with Gasteiger partial charge in [0.05, 0.1) is 12.5 Å². The third-order valence-electron chi connectivity index (χ3n) is 3.54. The Labute approximate surface area is 109 Å². The van der Waals surface area contributed by atoms with Gasteiger partial charge in [-0.25, -0.2) is 0 Å². The Balaban J connectivity index is 4.36. The molecule has 0 aromatic rings. The van der Waals surface area contributed by atoms with Crippen molar-refractivity contribution in [2.45, 2.75) is 60.1 Å². The molecule has 1 unspecified atom stereocenters. The Hall–Kier alpha value is -0.250. The summed E-state index contributed by atoms with van der Waals surface area (Å²) >= 11 is 0. The number of hydrogen-bond acceptors (Lipinski definition) is 1. The lowest BCUT2D eigenvalue weighted by atomic mass is 9.77.